The molecule has 1 fully saturated rings. The predicted molar refractivity (Wildman–Crippen MR) is 101 cm³/mol. The third-order valence-electron chi connectivity index (χ3n) is 4.25. The zero-order chi connectivity index (χ0) is 17.7. The van der Waals surface area contributed by atoms with Gasteiger partial charge in [0.1, 0.15) is 5.75 Å². The number of piperazine rings is 1. The van der Waals surface area contributed by atoms with Gasteiger partial charge in [0.2, 0.25) is 10.0 Å². The second kappa shape index (κ2) is 7.72. The molecule has 132 valence electrons. The first-order chi connectivity index (χ1) is 12.1. The van der Waals surface area contributed by atoms with E-state index in [-0.39, 0.29) is 0 Å². The molecule has 0 atom stereocenters. The molecule has 0 unspecified atom stereocenters. The highest BCUT2D eigenvalue weighted by Crippen LogP contribution is 2.23. The van der Waals surface area contributed by atoms with Gasteiger partial charge < -0.3 is 9.64 Å². The maximum Gasteiger partial charge on any atom is 0.236 e. The van der Waals surface area contributed by atoms with E-state index in [0.717, 1.165) is 17.0 Å². The minimum Gasteiger partial charge on any atom is -0.497 e. The predicted octanol–water partition coefficient (Wildman–Crippen LogP) is 2.82. The molecule has 0 aromatic heterocycles. The lowest BCUT2D eigenvalue weighted by molar-refractivity contribution is 0.389. The van der Waals surface area contributed by atoms with Crippen LogP contribution in [0.5, 0.6) is 5.75 Å². The van der Waals surface area contributed by atoms with Gasteiger partial charge >= 0.3 is 0 Å². The molecule has 2 aromatic rings. The van der Waals surface area contributed by atoms with Gasteiger partial charge in [0.15, 0.2) is 0 Å². The quantitative estimate of drug-likeness (QED) is 0.825. The number of benzene rings is 2. The van der Waals surface area contributed by atoms with Gasteiger partial charge in [0, 0.05) is 43.3 Å². The van der Waals surface area contributed by atoms with Crippen LogP contribution in [0.2, 0.25) is 0 Å². The van der Waals surface area contributed by atoms with E-state index in [4.69, 9.17) is 4.74 Å². The fourth-order valence-corrected chi connectivity index (χ4v) is 4.00. The van der Waals surface area contributed by atoms with Gasteiger partial charge in [-0.15, -0.1) is 0 Å². The molecule has 2 aromatic carbocycles. The Morgan fingerprint density at radius 1 is 0.960 bits per heavy atom. The lowest BCUT2D eigenvalue weighted by Gasteiger charge is -2.34. The number of sulfonamides is 1. The van der Waals surface area contributed by atoms with E-state index < -0.39 is 10.0 Å². The van der Waals surface area contributed by atoms with Crippen molar-refractivity contribution in [1.82, 2.24) is 4.31 Å². The van der Waals surface area contributed by atoms with E-state index in [9.17, 15) is 8.42 Å². The highest BCUT2D eigenvalue weighted by Gasteiger charge is 2.25. The normalized spacial score (nSPS) is 16.3. The molecule has 6 heteroatoms. The summed E-state index contributed by atoms with van der Waals surface area (Å²) in [5.41, 5.74) is 1.93. The Hall–Kier alpha value is -2.31. The van der Waals surface area contributed by atoms with Crippen molar-refractivity contribution >= 4 is 21.8 Å². The van der Waals surface area contributed by atoms with E-state index in [1.807, 2.05) is 54.6 Å². The summed E-state index contributed by atoms with van der Waals surface area (Å²) in [5.74, 6) is 0.804. The molecule has 1 heterocycles. The fraction of sp³-hybridized carbons (Fsp3) is 0.263. The summed E-state index contributed by atoms with van der Waals surface area (Å²) in [4.78, 5) is 2.18. The standard InChI is InChI=1S/C19H22N2O3S/c1-24-19-9-5-8-18(16-19)20-11-13-21(14-12-20)25(22,23)15-10-17-6-3-2-4-7-17/h2-10,15-16H,11-14H2,1H3. The van der Waals surface area contributed by atoms with Crippen LogP contribution in [-0.4, -0.2) is 46.0 Å². The molecule has 25 heavy (non-hydrogen) atoms. The number of anilines is 1. The number of rotatable bonds is 5. The largest absolute Gasteiger partial charge is 0.497 e. The van der Waals surface area contributed by atoms with Crippen LogP contribution in [0.4, 0.5) is 5.69 Å². The molecule has 1 aliphatic heterocycles. The van der Waals surface area contributed by atoms with E-state index in [0.29, 0.717) is 26.2 Å². The van der Waals surface area contributed by atoms with Crippen LogP contribution in [0, 0.1) is 0 Å². The van der Waals surface area contributed by atoms with Crippen molar-refractivity contribution in [2.75, 3.05) is 38.2 Å². The van der Waals surface area contributed by atoms with Gasteiger partial charge in [0.25, 0.3) is 0 Å². The Bertz CT molecular complexity index is 827. The Morgan fingerprint density at radius 3 is 2.36 bits per heavy atom. The third-order valence-corrected chi connectivity index (χ3v) is 5.81. The average molecular weight is 358 g/mol. The van der Waals surface area contributed by atoms with Gasteiger partial charge in [0.05, 0.1) is 7.11 Å². The maximum atomic E-state index is 12.5. The lowest BCUT2D eigenvalue weighted by atomic mass is 10.2. The van der Waals surface area contributed by atoms with Crippen LogP contribution >= 0.6 is 0 Å². The number of hydrogen-bond donors (Lipinski definition) is 0. The molecule has 0 aliphatic carbocycles. The Morgan fingerprint density at radius 2 is 1.68 bits per heavy atom. The SMILES string of the molecule is COc1cccc(N2CCN(S(=O)(=O)C=Cc3ccccc3)CC2)c1. The molecule has 0 saturated carbocycles. The first kappa shape index (κ1) is 17.5. The van der Waals surface area contributed by atoms with Crippen LogP contribution in [0.1, 0.15) is 5.56 Å². The summed E-state index contributed by atoms with van der Waals surface area (Å²) in [6, 6.07) is 17.3. The zero-order valence-electron chi connectivity index (χ0n) is 14.2. The van der Waals surface area contributed by atoms with Crippen LogP contribution in [0.25, 0.3) is 6.08 Å². The van der Waals surface area contributed by atoms with Crippen molar-refractivity contribution in [2.24, 2.45) is 0 Å². The molecule has 0 spiro atoms. The first-order valence-electron chi connectivity index (χ1n) is 8.21. The molecule has 0 radical (unpaired) electrons. The third kappa shape index (κ3) is 4.41. The summed E-state index contributed by atoms with van der Waals surface area (Å²) >= 11 is 0. The topological polar surface area (TPSA) is 49.9 Å². The molecule has 3 rings (SSSR count). The van der Waals surface area contributed by atoms with Gasteiger partial charge in [-0.2, -0.15) is 4.31 Å². The second-order valence-corrected chi connectivity index (χ2v) is 7.66. The molecule has 0 bridgehead atoms. The zero-order valence-corrected chi connectivity index (χ0v) is 15.0. The number of hydrogen-bond acceptors (Lipinski definition) is 4. The highest BCUT2D eigenvalue weighted by atomic mass is 32.2. The molecule has 5 nitrogen and oxygen atoms in total. The fourth-order valence-electron chi connectivity index (χ4n) is 2.82. The van der Waals surface area contributed by atoms with Crippen molar-refractivity contribution in [3.8, 4) is 5.75 Å². The summed E-state index contributed by atoms with van der Waals surface area (Å²) in [7, 11) is -1.76. The van der Waals surface area contributed by atoms with Gasteiger partial charge in [-0.1, -0.05) is 36.4 Å². The Labute approximate surface area is 149 Å². The molecular formula is C19H22N2O3S. The van der Waals surface area contributed by atoms with Crippen molar-refractivity contribution in [2.45, 2.75) is 0 Å². The number of nitrogens with zero attached hydrogens (tertiary/aromatic N) is 2. The second-order valence-electron chi connectivity index (χ2n) is 5.85. The number of ether oxygens (including phenoxy) is 1. The summed E-state index contributed by atoms with van der Waals surface area (Å²) in [5, 5.41) is 1.30. The Balaban J connectivity index is 1.64. The van der Waals surface area contributed by atoms with Crippen LogP contribution in [0.3, 0.4) is 0 Å². The van der Waals surface area contributed by atoms with Crippen molar-refractivity contribution in [1.29, 1.82) is 0 Å². The average Bonchev–Trinajstić information content (AvgIpc) is 2.67. The summed E-state index contributed by atoms with van der Waals surface area (Å²) in [6.45, 7) is 2.26. The molecule has 0 amide bonds. The van der Waals surface area contributed by atoms with E-state index in [1.54, 1.807) is 13.2 Å². The van der Waals surface area contributed by atoms with Crippen LogP contribution in [-0.2, 0) is 10.0 Å². The van der Waals surface area contributed by atoms with Crippen LogP contribution < -0.4 is 9.64 Å². The van der Waals surface area contributed by atoms with Gasteiger partial charge in [-0.05, 0) is 23.8 Å². The van der Waals surface area contributed by atoms with E-state index in [1.165, 1.54) is 9.71 Å². The first-order valence-corrected chi connectivity index (χ1v) is 9.71. The van der Waals surface area contributed by atoms with E-state index >= 15 is 0 Å². The minimum atomic E-state index is -3.40. The van der Waals surface area contributed by atoms with Gasteiger partial charge in [-0.3, -0.25) is 0 Å². The molecule has 1 saturated heterocycles. The molecule has 0 N–H and O–H groups in total. The minimum absolute atomic E-state index is 0.471. The van der Waals surface area contributed by atoms with E-state index in [2.05, 4.69) is 4.90 Å². The summed E-state index contributed by atoms with van der Waals surface area (Å²) in [6.07, 6.45) is 1.64. The molecule has 1 aliphatic rings. The monoisotopic (exact) mass is 358 g/mol. The van der Waals surface area contributed by atoms with Crippen molar-refractivity contribution < 1.29 is 13.2 Å². The smallest absolute Gasteiger partial charge is 0.236 e. The molecular weight excluding hydrogens is 336 g/mol. The highest BCUT2D eigenvalue weighted by molar-refractivity contribution is 7.92. The van der Waals surface area contributed by atoms with Crippen molar-refractivity contribution in [3.05, 3.63) is 65.6 Å². The summed E-state index contributed by atoms with van der Waals surface area (Å²) < 4.78 is 31.8. The van der Waals surface area contributed by atoms with Crippen LogP contribution in [0.15, 0.2) is 60.0 Å². The number of methoxy groups -OCH3 is 1. The van der Waals surface area contributed by atoms with Gasteiger partial charge in [-0.25, -0.2) is 8.42 Å². The lowest BCUT2D eigenvalue weighted by Crippen LogP contribution is -2.48. The maximum absolute atomic E-state index is 12.5. The van der Waals surface area contributed by atoms with Crippen molar-refractivity contribution in [3.63, 3.8) is 0 Å². The Kier molecular flexibility index (Phi) is 5.40.